The van der Waals surface area contributed by atoms with E-state index in [0.29, 0.717) is 31.8 Å². The highest BCUT2D eigenvalue weighted by molar-refractivity contribution is 6.07. The van der Waals surface area contributed by atoms with Gasteiger partial charge in [-0.25, -0.2) is 4.98 Å². The summed E-state index contributed by atoms with van der Waals surface area (Å²) in [6, 6.07) is 13.5. The molecule has 1 aliphatic rings. The topological polar surface area (TPSA) is 81.3 Å². The van der Waals surface area contributed by atoms with Gasteiger partial charge in [0.05, 0.1) is 22.9 Å². The molecule has 1 amide bonds. The Morgan fingerprint density at radius 3 is 2.52 bits per heavy atom. The van der Waals surface area contributed by atoms with Crippen molar-refractivity contribution in [2.24, 2.45) is 5.73 Å². The maximum atomic E-state index is 13.4. The molecule has 2 aromatic heterocycles. The molecule has 3 heterocycles. The van der Waals surface area contributed by atoms with E-state index in [4.69, 9.17) is 15.5 Å². The summed E-state index contributed by atoms with van der Waals surface area (Å²) >= 11 is 0. The second-order valence-corrected chi connectivity index (χ2v) is 7.31. The zero-order valence-electron chi connectivity index (χ0n) is 17.3. The van der Waals surface area contributed by atoms with Crippen LogP contribution in [0.3, 0.4) is 0 Å². The van der Waals surface area contributed by atoms with Gasteiger partial charge in [-0.2, -0.15) is 0 Å². The predicted molar refractivity (Wildman–Crippen MR) is 128 cm³/mol. The van der Waals surface area contributed by atoms with Crippen molar-refractivity contribution in [3.8, 4) is 11.3 Å². The van der Waals surface area contributed by atoms with Crippen LogP contribution < -0.4 is 5.73 Å². The van der Waals surface area contributed by atoms with E-state index in [-0.39, 0.29) is 36.8 Å². The van der Waals surface area contributed by atoms with Crippen LogP contribution in [0.15, 0.2) is 54.9 Å². The van der Waals surface area contributed by atoms with Gasteiger partial charge in [-0.1, -0.05) is 18.2 Å². The van der Waals surface area contributed by atoms with Crippen LogP contribution in [-0.4, -0.2) is 53.1 Å². The third-order valence-electron chi connectivity index (χ3n) is 5.35. The summed E-state index contributed by atoms with van der Waals surface area (Å²) < 4.78 is 5.87. The fourth-order valence-electron chi connectivity index (χ4n) is 3.75. The second-order valence-electron chi connectivity index (χ2n) is 7.31. The maximum absolute atomic E-state index is 13.4. The Labute approximate surface area is 195 Å². The van der Waals surface area contributed by atoms with Gasteiger partial charge in [-0.05, 0) is 50.1 Å². The molecule has 3 aromatic rings. The van der Waals surface area contributed by atoms with Crippen LogP contribution in [0.1, 0.15) is 29.6 Å². The van der Waals surface area contributed by atoms with E-state index in [1.54, 1.807) is 12.4 Å². The van der Waals surface area contributed by atoms with Gasteiger partial charge in [0.1, 0.15) is 0 Å². The molecule has 0 spiro atoms. The van der Waals surface area contributed by atoms with Gasteiger partial charge in [0.2, 0.25) is 0 Å². The third-order valence-corrected chi connectivity index (χ3v) is 5.35. The minimum Gasteiger partial charge on any atom is -0.378 e. The summed E-state index contributed by atoms with van der Waals surface area (Å²) in [7, 11) is 0. The highest BCUT2D eigenvalue weighted by Crippen LogP contribution is 2.26. The van der Waals surface area contributed by atoms with Gasteiger partial charge < -0.3 is 15.4 Å². The van der Waals surface area contributed by atoms with E-state index in [1.165, 1.54) is 0 Å². The zero-order valence-corrected chi connectivity index (χ0v) is 18.9. The molecular weight excluding hydrogens is 435 g/mol. The van der Waals surface area contributed by atoms with Crippen molar-refractivity contribution in [2.45, 2.75) is 25.4 Å². The number of hydrogen-bond acceptors (Lipinski definition) is 5. The largest absolute Gasteiger partial charge is 0.378 e. The molecule has 1 aromatic carbocycles. The fourth-order valence-corrected chi connectivity index (χ4v) is 3.75. The molecule has 2 N–H and O–H groups in total. The van der Waals surface area contributed by atoms with Crippen molar-refractivity contribution >= 4 is 41.6 Å². The molecule has 0 aliphatic carbocycles. The number of benzene rings is 1. The number of nitrogens with zero attached hydrogens (tertiary/aromatic N) is 3. The minimum atomic E-state index is 0. The summed E-state index contributed by atoms with van der Waals surface area (Å²) in [5.41, 5.74) is 8.79. The Hall–Kier alpha value is -2.25. The van der Waals surface area contributed by atoms with Crippen LogP contribution in [0, 0.1) is 0 Å². The normalized spacial score (nSPS) is 14.0. The van der Waals surface area contributed by atoms with Crippen molar-refractivity contribution in [2.75, 3.05) is 26.2 Å². The Bertz CT molecular complexity index is 980. The number of piperidine rings is 1. The van der Waals surface area contributed by atoms with Gasteiger partial charge in [0, 0.05) is 43.0 Å². The number of rotatable bonds is 6. The minimum absolute atomic E-state index is 0. The van der Waals surface area contributed by atoms with Crippen LogP contribution in [0.2, 0.25) is 0 Å². The molecule has 8 heteroatoms. The van der Waals surface area contributed by atoms with E-state index < -0.39 is 0 Å². The smallest absolute Gasteiger partial charge is 0.254 e. The summed E-state index contributed by atoms with van der Waals surface area (Å²) in [5.74, 6) is 0.0549. The van der Waals surface area contributed by atoms with Crippen LogP contribution in [-0.2, 0) is 4.74 Å². The van der Waals surface area contributed by atoms with Crippen molar-refractivity contribution in [3.63, 3.8) is 0 Å². The number of para-hydroxylation sites is 1. The lowest BCUT2D eigenvalue weighted by molar-refractivity contribution is 0.00850. The summed E-state index contributed by atoms with van der Waals surface area (Å²) in [4.78, 5) is 24.2. The van der Waals surface area contributed by atoms with E-state index >= 15 is 0 Å². The van der Waals surface area contributed by atoms with E-state index in [1.807, 2.05) is 47.4 Å². The lowest BCUT2D eigenvalue weighted by Gasteiger charge is -2.32. The number of carbonyl (C=O) groups is 1. The highest BCUT2D eigenvalue weighted by atomic mass is 35.5. The maximum Gasteiger partial charge on any atom is 0.254 e. The predicted octanol–water partition coefficient (Wildman–Crippen LogP) is 4.11. The fraction of sp³-hybridized carbons (Fsp3) is 0.348. The van der Waals surface area contributed by atoms with Gasteiger partial charge in [-0.3, -0.25) is 9.78 Å². The van der Waals surface area contributed by atoms with Crippen molar-refractivity contribution in [1.29, 1.82) is 0 Å². The number of aromatic nitrogens is 2. The first-order valence-corrected chi connectivity index (χ1v) is 10.2. The highest BCUT2D eigenvalue weighted by Gasteiger charge is 2.25. The number of nitrogens with two attached hydrogens (primary N) is 1. The third kappa shape index (κ3) is 5.92. The van der Waals surface area contributed by atoms with Crippen molar-refractivity contribution < 1.29 is 9.53 Å². The molecular formula is C23H28Cl2N4O2. The van der Waals surface area contributed by atoms with Gasteiger partial charge in [-0.15, -0.1) is 24.8 Å². The number of halogens is 2. The first-order chi connectivity index (χ1) is 14.3. The molecule has 0 radical (unpaired) electrons. The number of likely N-dealkylation sites (tertiary alicyclic amines) is 1. The molecule has 0 atom stereocenters. The van der Waals surface area contributed by atoms with Crippen LogP contribution in [0.25, 0.3) is 22.2 Å². The molecule has 6 nitrogen and oxygen atoms in total. The van der Waals surface area contributed by atoms with Crippen LogP contribution >= 0.6 is 24.8 Å². The lowest BCUT2D eigenvalue weighted by atomic mass is 10.0. The SMILES string of the molecule is Cl.Cl.NCCCOC1CCN(C(=O)c2cc(-c3ccncc3)nc3ccccc23)CC1. The number of amides is 1. The van der Waals surface area contributed by atoms with Crippen LogP contribution in [0.4, 0.5) is 0 Å². The van der Waals surface area contributed by atoms with E-state index in [0.717, 1.165) is 41.4 Å². The Balaban J connectivity index is 0.00000171. The number of pyridine rings is 2. The molecule has 0 bridgehead atoms. The summed E-state index contributed by atoms with van der Waals surface area (Å²) in [6.07, 6.45) is 6.28. The molecule has 0 unspecified atom stereocenters. The first kappa shape index (κ1) is 25.0. The Kier molecular flexibility index (Phi) is 9.65. The summed E-state index contributed by atoms with van der Waals surface area (Å²) in [6.45, 7) is 2.74. The first-order valence-electron chi connectivity index (χ1n) is 10.2. The van der Waals surface area contributed by atoms with Gasteiger partial charge >= 0.3 is 0 Å². The average Bonchev–Trinajstić information content (AvgIpc) is 2.79. The molecule has 1 aliphatic heterocycles. The lowest BCUT2D eigenvalue weighted by Crippen LogP contribution is -2.41. The van der Waals surface area contributed by atoms with Gasteiger partial charge in [0.25, 0.3) is 5.91 Å². The number of fused-ring (bicyclic) bond motifs is 1. The monoisotopic (exact) mass is 462 g/mol. The zero-order chi connectivity index (χ0) is 20.1. The number of ether oxygens (including phenoxy) is 1. The van der Waals surface area contributed by atoms with Crippen LogP contribution in [0.5, 0.6) is 0 Å². The van der Waals surface area contributed by atoms with E-state index in [2.05, 4.69) is 4.98 Å². The number of carbonyl (C=O) groups excluding carboxylic acids is 1. The molecule has 4 rings (SSSR count). The molecule has 166 valence electrons. The molecule has 31 heavy (non-hydrogen) atoms. The van der Waals surface area contributed by atoms with Gasteiger partial charge in [0.15, 0.2) is 0 Å². The quantitative estimate of drug-likeness (QED) is 0.557. The number of hydrogen-bond donors (Lipinski definition) is 1. The van der Waals surface area contributed by atoms with Crippen molar-refractivity contribution in [1.82, 2.24) is 14.9 Å². The average molecular weight is 463 g/mol. The Morgan fingerprint density at radius 2 is 1.81 bits per heavy atom. The van der Waals surface area contributed by atoms with Crippen molar-refractivity contribution in [3.05, 3.63) is 60.4 Å². The molecule has 1 fully saturated rings. The van der Waals surface area contributed by atoms with E-state index in [9.17, 15) is 4.79 Å². The molecule has 0 saturated carbocycles. The standard InChI is InChI=1S/C23H26N4O2.2ClH/c24-10-3-15-29-18-8-13-27(14-9-18)23(28)20-16-22(17-6-11-25-12-7-17)26-21-5-2-1-4-19(20)21;;/h1-2,4-7,11-12,16,18H,3,8-10,13-15,24H2;2*1H. The second kappa shape index (κ2) is 12.0. The Morgan fingerprint density at radius 1 is 1.10 bits per heavy atom. The summed E-state index contributed by atoms with van der Waals surface area (Å²) in [5, 5.41) is 0.886. The molecule has 1 saturated heterocycles.